The minimum absolute atomic E-state index is 0.00460. The summed E-state index contributed by atoms with van der Waals surface area (Å²) in [5.41, 5.74) is 1.85. The van der Waals surface area contributed by atoms with E-state index in [9.17, 15) is 13.2 Å². The van der Waals surface area contributed by atoms with Gasteiger partial charge in [-0.25, -0.2) is 8.42 Å². The number of sulfonamides is 1. The van der Waals surface area contributed by atoms with E-state index in [4.69, 9.17) is 4.74 Å². The van der Waals surface area contributed by atoms with Crippen LogP contribution in [0.5, 0.6) is 0 Å². The second-order valence-corrected chi connectivity index (χ2v) is 8.77. The molecule has 0 aliphatic carbocycles. The maximum atomic E-state index is 12.8. The van der Waals surface area contributed by atoms with Crippen molar-refractivity contribution in [2.45, 2.75) is 43.2 Å². The number of rotatable bonds is 8. The van der Waals surface area contributed by atoms with Crippen LogP contribution >= 0.6 is 0 Å². The lowest BCUT2D eigenvalue weighted by Crippen LogP contribution is -2.49. The molecule has 0 saturated carbocycles. The Morgan fingerprint density at radius 1 is 1.14 bits per heavy atom. The van der Waals surface area contributed by atoms with E-state index in [-0.39, 0.29) is 23.3 Å². The van der Waals surface area contributed by atoms with Crippen LogP contribution in [0.25, 0.3) is 0 Å². The lowest BCUT2D eigenvalue weighted by molar-refractivity contribution is -0.123. The molecule has 2 aromatic rings. The van der Waals surface area contributed by atoms with Gasteiger partial charge >= 0.3 is 0 Å². The SMILES string of the molecule is Cc1ccc(S(=O)(=O)N[C@H](Cc2ccccc2)C(=O)NC[C@H]2CCCO2)cc1. The van der Waals surface area contributed by atoms with Gasteiger partial charge in [-0.2, -0.15) is 4.72 Å². The maximum Gasteiger partial charge on any atom is 0.241 e. The first-order valence-corrected chi connectivity index (χ1v) is 10.9. The Bertz CT molecular complexity index is 876. The number of amides is 1. The van der Waals surface area contributed by atoms with E-state index >= 15 is 0 Å². The number of hydrogen-bond acceptors (Lipinski definition) is 4. The van der Waals surface area contributed by atoms with Crippen molar-refractivity contribution in [3.8, 4) is 0 Å². The largest absolute Gasteiger partial charge is 0.376 e. The van der Waals surface area contributed by atoms with Crippen molar-refractivity contribution in [3.63, 3.8) is 0 Å². The van der Waals surface area contributed by atoms with Gasteiger partial charge in [-0.15, -0.1) is 0 Å². The first-order valence-electron chi connectivity index (χ1n) is 9.46. The lowest BCUT2D eigenvalue weighted by Gasteiger charge is -2.20. The molecule has 0 aromatic heterocycles. The summed E-state index contributed by atoms with van der Waals surface area (Å²) >= 11 is 0. The minimum atomic E-state index is -3.82. The number of benzene rings is 2. The number of ether oxygens (including phenoxy) is 1. The van der Waals surface area contributed by atoms with E-state index in [0.717, 1.165) is 24.0 Å². The molecular formula is C21H26N2O4S. The molecule has 2 aromatic carbocycles. The number of hydrogen-bond donors (Lipinski definition) is 2. The molecule has 1 aliphatic heterocycles. The zero-order valence-electron chi connectivity index (χ0n) is 15.9. The molecule has 0 spiro atoms. The molecule has 0 radical (unpaired) electrons. The van der Waals surface area contributed by atoms with Crippen LogP contribution in [0.3, 0.4) is 0 Å². The Balaban J connectivity index is 1.74. The maximum absolute atomic E-state index is 12.8. The summed E-state index contributed by atoms with van der Waals surface area (Å²) in [6.07, 6.45) is 2.14. The fraction of sp³-hybridized carbons (Fsp3) is 0.381. The van der Waals surface area contributed by atoms with Crippen molar-refractivity contribution in [1.82, 2.24) is 10.0 Å². The predicted octanol–water partition coefficient (Wildman–Crippen LogP) is 2.18. The zero-order chi connectivity index (χ0) is 20.0. The second-order valence-electron chi connectivity index (χ2n) is 7.06. The Labute approximate surface area is 166 Å². The first-order chi connectivity index (χ1) is 13.4. The van der Waals surface area contributed by atoms with Gasteiger partial charge in [0.1, 0.15) is 6.04 Å². The summed E-state index contributed by atoms with van der Waals surface area (Å²) in [5, 5.41) is 2.84. The Morgan fingerprint density at radius 3 is 2.50 bits per heavy atom. The standard InChI is InChI=1S/C21H26N2O4S/c1-16-9-11-19(12-10-16)28(25,26)23-20(14-17-6-3-2-4-7-17)21(24)22-15-18-8-5-13-27-18/h2-4,6-7,9-12,18,20,23H,5,8,13-15H2,1H3,(H,22,24)/t18-,20-/m1/s1. The second kappa shape index (κ2) is 9.32. The van der Waals surface area contributed by atoms with Crippen molar-refractivity contribution < 1.29 is 17.9 Å². The fourth-order valence-electron chi connectivity index (χ4n) is 3.15. The molecule has 7 heteroatoms. The average molecular weight is 403 g/mol. The monoisotopic (exact) mass is 402 g/mol. The quantitative estimate of drug-likeness (QED) is 0.709. The van der Waals surface area contributed by atoms with Crippen LogP contribution in [0.2, 0.25) is 0 Å². The van der Waals surface area contributed by atoms with Crippen LogP contribution in [-0.4, -0.2) is 39.6 Å². The predicted molar refractivity (Wildman–Crippen MR) is 107 cm³/mol. The van der Waals surface area contributed by atoms with Crippen LogP contribution in [0.1, 0.15) is 24.0 Å². The van der Waals surface area contributed by atoms with Crippen molar-refractivity contribution in [2.75, 3.05) is 13.2 Å². The number of carbonyl (C=O) groups is 1. The first kappa shape index (κ1) is 20.5. The number of aryl methyl sites for hydroxylation is 1. The molecule has 1 fully saturated rings. The molecule has 150 valence electrons. The topological polar surface area (TPSA) is 84.5 Å². The fourth-order valence-corrected chi connectivity index (χ4v) is 4.35. The molecule has 0 bridgehead atoms. The Hall–Kier alpha value is -2.22. The van der Waals surface area contributed by atoms with Gasteiger partial charge in [0.2, 0.25) is 15.9 Å². The van der Waals surface area contributed by atoms with E-state index in [1.54, 1.807) is 24.3 Å². The zero-order valence-corrected chi connectivity index (χ0v) is 16.7. The molecule has 1 heterocycles. The minimum Gasteiger partial charge on any atom is -0.376 e. The van der Waals surface area contributed by atoms with Crippen LogP contribution in [0.4, 0.5) is 0 Å². The van der Waals surface area contributed by atoms with Crippen molar-refractivity contribution in [1.29, 1.82) is 0 Å². The summed E-state index contributed by atoms with van der Waals surface area (Å²) in [6.45, 7) is 2.98. The van der Waals surface area contributed by atoms with Crippen LogP contribution in [0.15, 0.2) is 59.5 Å². The van der Waals surface area contributed by atoms with Gasteiger partial charge in [0.05, 0.1) is 11.0 Å². The van der Waals surface area contributed by atoms with E-state index in [0.29, 0.717) is 13.2 Å². The molecule has 3 rings (SSSR count). The average Bonchev–Trinajstić information content (AvgIpc) is 3.20. The van der Waals surface area contributed by atoms with Crippen molar-refractivity contribution >= 4 is 15.9 Å². The van der Waals surface area contributed by atoms with Crippen molar-refractivity contribution in [2.24, 2.45) is 0 Å². The highest BCUT2D eigenvalue weighted by Gasteiger charge is 2.27. The van der Waals surface area contributed by atoms with Gasteiger partial charge in [-0.05, 0) is 43.9 Å². The summed E-state index contributed by atoms with van der Waals surface area (Å²) in [5.74, 6) is -0.352. The molecule has 28 heavy (non-hydrogen) atoms. The van der Waals surface area contributed by atoms with Gasteiger partial charge in [-0.1, -0.05) is 48.0 Å². The van der Waals surface area contributed by atoms with E-state index in [1.165, 1.54) is 0 Å². The van der Waals surface area contributed by atoms with Gasteiger partial charge in [0.15, 0.2) is 0 Å². The highest BCUT2D eigenvalue weighted by molar-refractivity contribution is 7.89. The van der Waals surface area contributed by atoms with Crippen LogP contribution in [-0.2, 0) is 26.0 Å². The molecule has 0 unspecified atom stereocenters. The molecule has 2 atom stereocenters. The van der Waals surface area contributed by atoms with Gasteiger partial charge < -0.3 is 10.1 Å². The van der Waals surface area contributed by atoms with Crippen LogP contribution < -0.4 is 10.0 Å². The van der Waals surface area contributed by atoms with Crippen LogP contribution in [0, 0.1) is 6.92 Å². The smallest absolute Gasteiger partial charge is 0.241 e. The summed E-state index contributed by atoms with van der Waals surface area (Å²) in [4.78, 5) is 12.9. The van der Waals surface area contributed by atoms with Gasteiger partial charge in [-0.3, -0.25) is 4.79 Å². The number of carbonyl (C=O) groups excluding carboxylic acids is 1. The molecule has 1 saturated heterocycles. The van der Waals surface area contributed by atoms with E-state index in [2.05, 4.69) is 10.0 Å². The van der Waals surface area contributed by atoms with E-state index in [1.807, 2.05) is 37.3 Å². The summed E-state index contributed by atoms with van der Waals surface area (Å²) in [6, 6.07) is 15.0. The molecule has 1 aliphatic rings. The third-order valence-electron chi connectivity index (χ3n) is 4.76. The normalized spacial score (nSPS) is 18.0. The van der Waals surface area contributed by atoms with E-state index < -0.39 is 16.1 Å². The highest BCUT2D eigenvalue weighted by atomic mass is 32.2. The summed E-state index contributed by atoms with van der Waals surface area (Å²) < 4.78 is 33.7. The molecule has 1 amide bonds. The molecule has 6 nitrogen and oxygen atoms in total. The summed E-state index contributed by atoms with van der Waals surface area (Å²) in [7, 11) is -3.82. The third kappa shape index (κ3) is 5.64. The Morgan fingerprint density at radius 2 is 1.86 bits per heavy atom. The molecular weight excluding hydrogens is 376 g/mol. The van der Waals surface area contributed by atoms with Crippen molar-refractivity contribution in [3.05, 3.63) is 65.7 Å². The van der Waals surface area contributed by atoms with Gasteiger partial charge in [0.25, 0.3) is 0 Å². The lowest BCUT2D eigenvalue weighted by atomic mass is 10.1. The Kier molecular flexibility index (Phi) is 6.83. The third-order valence-corrected chi connectivity index (χ3v) is 6.24. The molecule has 2 N–H and O–H groups in total. The number of nitrogens with one attached hydrogen (secondary N) is 2. The van der Waals surface area contributed by atoms with Gasteiger partial charge in [0, 0.05) is 13.2 Å². The highest BCUT2D eigenvalue weighted by Crippen LogP contribution is 2.14.